The summed E-state index contributed by atoms with van der Waals surface area (Å²) in [5.41, 5.74) is 3.18. The zero-order valence-electron chi connectivity index (χ0n) is 14.7. The quantitative estimate of drug-likeness (QED) is 0.726. The summed E-state index contributed by atoms with van der Waals surface area (Å²) >= 11 is 6.06. The minimum absolute atomic E-state index is 0.143. The van der Waals surface area contributed by atoms with Gasteiger partial charge in [-0.05, 0) is 44.0 Å². The summed E-state index contributed by atoms with van der Waals surface area (Å²) in [6.45, 7) is 6.52. The van der Waals surface area contributed by atoms with Crippen molar-refractivity contribution in [2.24, 2.45) is 0 Å². The van der Waals surface area contributed by atoms with E-state index in [1.807, 2.05) is 32.0 Å². The smallest absolute Gasteiger partial charge is 0.189 e. The fourth-order valence-electron chi connectivity index (χ4n) is 2.70. The Bertz CT molecular complexity index is 894. The van der Waals surface area contributed by atoms with E-state index in [2.05, 4.69) is 32.5 Å². The molecule has 0 aliphatic rings. The maximum atomic E-state index is 6.06. The van der Waals surface area contributed by atoms with Crippen molar-refractivity contribution in [3.05, 3.63) is 34.6 Å². The lowest BCUT2D eigenvalue weighted by molar-refractivity contribution is 0.184. The zero-order chi connectivity index (χ0) is 18.0. The van der Waals surface area contributed by atoms with Gasteiger partial charge in [-0.2, -0.15) is 4.68 Å². The molecule has 0 amide bonds. The molecule has 132 valence electrons. The van der Waals surface area contributed by atoms with Crippen LogP contribution >= 0.6 is 11.6 Å². The highest BCUT2D eigenvalue weighted by atomic mass is 35.5. The predicted octanol–water partition coefficient (Wildman–Crippen LogP) is 3.32. The van der Waals surface area contributed by atoms with Gasteiger partial charge in [-0.1, -0.05) is 23.7 Å². The van der Waals surface area contributed by atoms with Crippen molar-refractivity contribution in [1.29, 1.82) is 0 Å². The number of methoxy groups -OCH3 is 1. The Hall–Kier alpha value is -2.25. The van der Waals surface area contributed by atoms with E-state index >= 15 is 0 Å². The van der Waals surface area contributed by atoms with Gasteiger partial charge in [0.05, 0.1) is 18.3 Å². The predicted molar refractivity (Wildman–Crippen MR) is 98.5 cm³/mol. The minimum atomic E-state index is 0.143. The van der Waals surface area contributed by atoms with Gasteiger partial charge in [-0.3, -0.25) is 0 Å². The Morgan fingerprint density at radius 1 is 1.28 bits per heavy atom. The van der Waals surface area contributed by atoms with Crippen LogP contribution < -0.4 is 5.32 Å². The zero-order valence-corrected chi connectivity index (χ0v) is 15.5. The van der Waals surface area contributed by atoms with Crippen molar-refractivity contribution in [2.75, 3.05) is 19.0 Å². The van der Waals surface area contributed by atoms with Crippen molar-refractivity contribution in [1.82, 2.24) is 25.0 Å². The molecule has 1 atom stereocenters. The highest BCUT2D eigenvalue weighted by molar-refractivity contribution is 6.30. The lowest BCUT2D eigenvalue weighted by Crippen LogP contribution is -2.25. The maximum Gasteiger partial charge on any atom is 0.189 e. The molecule has 0 spiro atoms. The van der Waals surface area contributed by atoms with Crippen molar-refractivity contribution in [3.63, 3.8) is 0 Å². The molecule has 1 N–H and O–H groups in total. The lowest BCUT2D eigenvalue weighted by atomic mass is 10.2. The minimum Gasteiger partial charge on any atom is -0.383 e. The first kappa shape index (κ1) is 17.6. The van der Waals surface area contributed by atoms with Crippen LogP contribution in [0.4, 0.5) is 5.82 Å². The molecule has 0 bridgehead atoms. The molecule has 3 aromatic rings. The van der Waals surface area contributed by atoms with E-state index in [1.165, 1.54) is 0 Å². The van der Waals surface area contributed by atoms with Crippen LogP contribution in [0.5, 0.6) is 0 Å². The van der Waals surface area contributed by atoms with Crippen LogP contribution in [0.3, 0.4) is 0 Å². The van der Waals surface area contributed by atoms with E-state index in [0.717, 1.165) is 17.7 Å². The van der Waals surface area contributed by atoms with Gasteiger partial charge < -0.3 is 10.1 Å². The van der Waals surface area contributed by atoms with Gasteiger partial charge in [-0.15, -0.1) is 5.10 Å². The molecular weight excluding hydrogens is 340 g/mol. The molecule has 1 unspecified atom stereocenters. The number of nitrogens with one attached hydrogen (secondary N) is 1. The number of aryl methyl sites for hydroxylation is 2. The summed E-state index contributed by atoms with van der Waals surface area (Å²) < 4.78 is 6.97. The molecule has 7 nitrogen and oxygen atoms in total. The van der Waals surface area contributed by atoms with Gasteiger partial charge >= 0.3 is 0 Å². The number of halogens is 1. The highest BCUT2D eigenvalue weighted by Crippen LogP contribution is 2.24. The number of ether oxygens (including phenoxy) is 1. The molecule has 0 saturated carbocycles. The number of anilines is 1. The number of fused-ring (bicyclic) bond motifs is 1. The molecular formula is C17H21ClN6O. The van der Waals surface area contributed by atoms with Crippen LogP contribution in [0.25, 0.3) is 16.9 Å². The Kier molecular flexibility index (Phi) is 5.15. The van der Waals surface area contributed by atoms with Crippen LogP contribution in [0, 0.1) is 13.8 Å². The van der Waals surface area contributed by atoms with Crippen molar-refractivity contribution < 1.29 is 4.74 Å². The Morgan fingerprint density at radius 2 is 2.08 bits per heavy atom. The van der Waals surface area contributed by atoms with E-state index in [-0.39, 0.29) is 6.04 Å². The van der Waals surface area contributed by atoms with E-state index in [9.17, 15) is 0 Å². The van der Waals surface area contributed by atoms with Crippen LogP contribution in [-0.2, 0) is 4.74 Å². The molecule has 1 aromatic carbocycles. The van der Waals surface area contributed by atoms with Crippen molar-refractivity contribution in [3.8, 4) is 5.69 Å². The van der Waals surface area contributed by atoms with E-state index < -0.39 is 0 Å². The standard InChI is InChI=1S/C17H21ClN6O/c1-5-13(9-25-4)21-16-15-17(20-11(3)19-16)24(23-22-15)14-7-6-12(18)8-10(14)2/h6-8,13H,5,9H2,1-4H3,(H,19,20,21). The van der Waals surface area contributed by atoms with E-state index in [0.29, 0.717) is 34.4 Å². The molecule has 2 aromatic heterocycles. The fraction of sp³-hybridized carbons (Fsp3) is 0.412. The topological polar surface area (TPSA) is 77.8 Å². The van der Waals surface area contributed by atoms with Gasteiger partial charge in [-0.25, -0.2) is 9.97 Å². The van der Waals surface area contributed by atoms with E-state index in [4.69, 9.17) is 16.3 Å². The van der Waals surface area contributed by atoms with Gasteiger partial charge in [0.15, 0.2) is 17.0 Å². The lowest BCUT2D eigenvalue weighted by Gasteiger charge is -2.16. The number of hydrogen-bond donors (Lipinski definition) is 1. The molecule has 2 heterocycles. The molecule has 3 rings (SSSR count). The first-order valence-corrected chi connectivity index (χ1v) is 8.53. The summed E-state index contributed by atoms with van der Waals surface area (Å²) in [4.78, 5) is 9.04. The molecule has 0 aliphatic heterocycles. The van der Waals surface area contributed by atoms with Crippen molar-refractivity contribution in [2.45, 2.75) is 33.2 Å². The molecule has 0 fully saturated rings. The molecule has 25 heavy (non-hydrogen) atoms. The SMILES string of the molecule is CCC(COC)Nc1nc(C)nc2c1nnn2-c1ccc(Cl)cc1C. The third-order valence-electron chi connectivity index (χ3n) is 4.00. The summed E-state index contributed by atoms with van der Waals surface area (Å²) in [5.74, 6) is 1.32. The number of rotatable bonds is 6. The van der Waals surface area contributed by atoms with E-state index in [1.54, 1.807) is 11.8 Å². The number of nitrogens with zero attached hydrogens (tertiary/aromatic N) is 5. The molecule has 0 saturated heterocycles. The molecule has 0 radical (unpaired) electrons. The Morgan fingerprint density at radius 3 is 2.76 bits per heavy atom. The largest absolute Gasteiger partial charge is 0.383 e. The molecule has 0 aliphatic carbocycles. The normalized spacial score (nSPS) is 12.5. The van der Waals surface area contributed by atoms with Gasteiger partial charge in [0.25, 0.3) is 0 Å². The third-order valence-corrected chi connectivity index (χ3v) is 4.24. The van der Waals surface area contributed by atoms with Gasteiger partial charge in [0.2, 0.25) is 0 Å². The second-order valence-electron chi connectivity index (χ2n) is 5.93. The summed E-state index contributed by atoms with van der Waals surface area (Å²) in [7, 11) is 1.69. The average molecular weight is 361 g/mol. The first-order valence-electron chi connectivity index (χ1n) is 8.15. The average Bonchev–Trinajstić information content (AvgIpc) is 2.98. The Labute approximate surface area is 151 Å². The highest BCUT2D eigenvalue weighted by Gasteiger charge is 2.17. The van der Waals surface area contributed by atoms with Crippen molar-refractivity contribution >= 4 is 28.6 Å². The van der Waals surface area contributed by atoms with Crippen LogP contribution in [0.15, 0.2) is 18.2 Å². The van der Waals surface area contributed by atoms with Gasteiger partial charge in [0, 0.05) is 12.1 Å². The second-order valence-corrected chi connectivity index (χ2v) is 6.36. The first-order chi connectivity index (χ1) is 12.0. The summed E-state index contributed by atoms with van der Waals surface area (Å²) in [6, 6.07) is 5.78. The molecule has 8 heteroatoms. The van der Waals surface area contributed by atoms with Gasteiger partial charge in [0.1, 0.15) is 5.82 Å². The maximum absolute atomic E-state index is 6.06. The monoisotopic (exact) mass is 360 g/mol. The fourth-order valence-corrected chi connectivity index (χ4v) is 2.93. The third kappa shape index (κ3) is 3.57. The second kappa shape index (κ2) is 7.33. The summed E-state index contributed by atoms with van der Waals surface area (Å²) in [5, 5.41) is 12.7. The Balaban J connectivity index is 2.09. The number of aromatic nitrogens is 5. The number of benzene rings is 1. The summed E-state index contributed by atoms with van der Waals surface area (Å²) in [6.07, 6.45) is 0.906. The number of hydrogen-bond acceptors (Lipinski definition) is 6. The van der Waals surface area contributed by atoms with Crippen LogP contribution in [-0.4, -0.2) is 44.7 Å². The van der Waals surface area contributed by atoms with Crippen LogP contribution in [0.2, 0.25) is 5.02 Å². The van der Waals surface area contributed by atoms with Crippen LogP contribution in [0.1, 0.15) is 24.7 Å².